The Morgan fingerprint density at radius 2 is 2.19 bits per heavy atom. The summed E-state index contributed by atoms with van der Waals surface area (Å²) in [6, 6.07) is 6.74. The molecule has 0 saturated heterocycles. The van der Waals surface area contributed by atoms with Crippen LogP contribution in [0.4, 0.5) is 0 Å². The van der Waals surface area contributed by atoms with Crippen LogP contribution < -0.4 is 0 Å². The van der Waals surface area contributed by atoms with Gasteiger partial charge < -0.3 is 0 Å². The SMILES string of the molecule is CC#Cc1ccc2c(c1)CCC(CCC)C2. The molecule has 1 unspecified atom stereocenters. The average Bonchev–Trinajstić information content (AvgIpc) is 2.30. The van der Waals surface area contributed by atoms with Crippen molar-refractivity contribution in [3.8, 4) is 11.8 Å². The molecular weight excluding hydrogens is 192 g/mol. The van der Waals surface area contributed by atoms with Crippen LogP contribution in [-0.4, -0.2) is 0 Å². The summed E-state index contributed by atoms with van der Waals surface area (Å²) in [5.74, 6) is 7.03. The van der Waals surface area contributed by atoms with Crippen molar-refractivity contribution in [2.75, 3.05) is 0 Å². The van der Waals surface area contributed by atoms with E-state index in [-0.39, 0.29) is 0 Å². The van der Waals surface area contributed by atoms with Gasteiger partial charge >= 0.3 is 0 Å². The zero-order valence-electron chi connectivity index (χ0n) is 10.3. The predicted octanol–water partition coefficient (Wildman–Crippen LogP) is 3.96. The standard InChI is InChI=1S/C16H20/c1-3-5-13-7-9-16-12-14(6-4-2)8-10-15(16)11-13/h8,10,12-13H,3,5,7,9,11H2,1-2H3. The molecule has 0 aromatic heterocycles. The first kappa shape index (κ1) is 11.3. The fraction of sp³-hybridized carbons (Fsp3) is 0.500. The Morgan fingerprint density at radius 1 is 1.31 bits per heavy atom. The largest absolute Gasteiger partial charge is 0.101 e. The van der Waals surface area contributed by atoms with Crippen LogP contribution in [0.15, 0.2) is 18.2 Å². The lowest BCUT2D eigenvalue weighted by Crippen LogP contribution is -2.14. The Kier molecular flexibility index (Phi) is 3.67. The van der Waals surface area contributed by atoms with Gasteiger partial charge in [-0.05, 0) is 55.4 Å². The molecule has 0 fully saturated rings. The van der Waals surface area contributed by atoms with Crippen LogP contribution in [0.25, 0.3) is 0 Å². The van der Waals surface area contributed by atoms with Crippen molar-refractivity contribution in [2.24, 2.45) is 5.92 Å². The zero-order valence-corrected chi connectivity index (χ0v) is 10.3. The molecule has 1 aliphatic rings. The van der Waals surface area contributed by atoms with Gasteiger partial charge in [0, 0.05) is 5.56 Å². The summed E-state index contributed by atoms with van der Waals surface area (Å²) in [7, 11) is 0. The second-order valence-electron chi connectivity index (χ2n) is 4.76. The number of aryl methyl sites for hydroxylation is 1. The molecule has 0 heterocycles. The Hall–Kier alpha value is -1.22. The summed E-state index contributed by atoms with van der Waals surface area (Å²) < 4.78 is 0. The van der Waals surface area contributed by atoms with Gasteiger partial charge in [-0.1, -0.05) is 31.8 Å². The van der Waals surface area contributed by atoms with Crippen molar-refractivity contribution in [1.29, 1.82) is 0 Å². The molecule has 1 atom stereocenters. The molecule has 16 heavy (non-hydrogen) atoms. The highest BCUT2D eigenvalue weighted by Crippen LogP contribution is 2.28. The molecule has 0 N–H and O–H groups in total. The minimum absolute atomic E-state index is 0.917. The van der Waals surface area contributed by atoms with E-state index in [0.29, 0.717) is 0 Å². The van der Waals surface area contributed by atoms with Gasteiger partial charge in [0.1, 0.15) is 0 Å². The van der Waals surface area contributed by atoms with Gasteiger partial charge in [-0.15, -0.1) is 5.92 Å². The number of rotatable bonds is 2. The van der Waals surface area contributed by atoms with E-state index in [1.807, 2.05) is 6.92 Å². The van der Waals surface area contributed by atoms with Crippen molar-refractivity contribution in [3.63, 3.8) is 0 Å². The number of hydrogen-bond donors (Lipinski definition) is 0. The summed E-state index contributed by atoms with van der Waals surface area (Å²) in [5, 5.41) is 0. The van der Waals surface area contributed by atoms with Crippen molar-refractivity contribution >= 4 is 0 Å². The quantitative estimate of drug-likeness (QED) is 0.651. The minimum atomic E-state index is 0.917. The van der Waals surface area contributed by atoms with Gasteiger partial charge in [-0.3, -0.25) is 0 Å². The van der Waals surface area contributed by atoms with Crippen molar-refractivity contribution in [1.82, 2.24) is 0 Å². The van der Waals surface area contributed by atoms with Gasteiger partial charge in [-0.2, -0.15) is 0 Å². The molecule has 0 bridgehead atoms. The molecular formula is C16H20. The second kappa shape index (κ2) is 5.21. The molecule has 1 aromatic rings. The van der Waals surface area contributed by atoms with E-state index in [9.17, 15) is 0 Å². The molecule has 1 aliphatic carbocycles. The highest BCUT2D eigenvalue weighted by atomic mass is 14.2. The van der Waals surface area contributed by atoms with Gasteiger partial charge in [0.25, 0.3) is 0 Å². The van der Waals surface area contributed by atoms with Crippen LogP contribution in [0.3, 0.4) is 0 Å². The van der Waals surface area contributed by atoms with E-state index in [1.165, 1.54) is 43.2 Å². The maximum atomic E-state index is 3.14. The minimum Gasteiger partial charge on any atom is -0.101 e. The van der Waals surface area contributed by atoms with E-state index in [2.05, 4.69) is 37.0 Å². The van der Waals surface area contributed by atoms with Crippen LogP contribution in [-0.2, 0) is 12.8 Å². The lowest BCUT2D eigenvalue weighted by molar-refractivity contribution is 0.423. The lowest BCUT2D eigenvalue weighted by atomic mass is 9.81. The lowest BCUT2D eigenvalue weighted by Gasteiger charge is -2.24. The summed E-state index contributed by atoms with van der Waals surface area (Å²) in [6.07, 6.45) is 6.60. The maximum absolute atomic E-state index is 3.14. The molecule has 2 rings (SSSR count). The highest BCUT2D eigenvalue weighted by molar-refractivity contribution is 5.42. The summed E-state index contributed by atoms with van der Waals surface area (Å²) in [6.45, 7) is 4.19. The van der Waals surface area contributed by atoms with Crippen LogP contribution >= 0.6 is 0 Å². The van der Waals surface area contributed by atoms with Gasteiger partial charge in [0.05, 0.1) is 0 Å². The van der Waals surface area contributed by atoms with Crippen molar-refractivity contribution in [2.45, 2.75) is 46.0 Å². The second-order valence-corrected chi connectivity index (χ2v) is 4.76. The first-order valence-electron chi connectivity index (χ1n) is 6.38. The smallest absolute Gasteiger partial charge is 0.0248 e. The summed E-state index contributed by atoms with van der Waals surface area (Å²) >= 11 is 0. The molecule has 0 saturated carbocycles. The fourth-order valence-electron chi connectivity index (χ4n) is 2.71. The van der Waals surface area contributed by atoms with E-state index < -0.39 is 0 Å². The first-order valence-corrected chi connectivity index (χ1v) is 6.38. The van der Waals surface area contributed by atoms with Crippen LogP contribution in [0.2, 0.25) is 0 Å². The zero-order chi connectivity index (χ0) is 11.4. The summed E-state index contributed by atoms with van der Waals surface area (Å²) in [4.78, 5) is 0. The van der Waals surface area contributed by atoms with Crippen LogP contribution in [0, 0.1) is 17.8 Å². The Balaban J connectivity index is 2.17. The third-order valence-electron chi connectivity index (χ3n) is 3.50. The predicted molar refractivity (Wildman–Crippen MR) is 69.4 cm³/mol. The number of benzene rings is 1. The Morgan fingerprint density at radius 3 is 2.94 bits per heavy atom. The van der Waals surface area contributed by atoms with E-state index in [4.69, 9.17) is 0 Å². The van der Waals surface area contributed by atoms with Gasteiger partial charge in [-0.25, -0.2) is 0 Å². The number of fused-ring (bicyclic) bond motifs is 1. The molecule has 0 amide bonds. The van der Waals surface area contributed by atoms with E-state index in [1.54, 1.807) is 5.56 Å². The first-order chi connectivity index (χ1) is 7.83. The van der Waals surface area contributed by atoms with Crippen molar-refractivity contribution < 1.29 is 0 Å². The Bertz CT molecular complexity index is 417. The number of hydrogen-bond acceptors (Lipinski definition) is 0. The van der Waals surface area contributed by atoms with Crippen LogP contribution in [0.5, 0.6) is 0 Å². The van der Waals surface area contributed by atoms with Gasteiger partial charge in [0.2, 0.25) is 0 Å². The third kappa shape index (κ3) is 2.47. The fourth-order valence-corrected chi connectivity index (χ4v) is 2.71. The molecule has 0 radical (unpaired) electrons. The van der Waals surface area contributed by atoms with Crippen molar-refractivity contribution in [3.05, 3.63) is 34.9 Å². The monoisotopic (exact) mass is 212 g/mol. The van der Waals surface area contributed by atoms with E-state index >= 15 is 0 Å². The molecule has 0 nitrogen and oxygen atoms in total. The summed E-state index contributed by atoms with van der Waals surface area (Å²) in [5.41, 5.74) is 4.27. The normalized spacial score (nSPS) is 18.5. The Labute approximate surface area is 99.1 Å². The molecule has 0 spiro atoms. The topological polar surface area (TPSA) is 0 Å². The van der Waals surface area contributed by atoms with Gasteiger partial charge in [0.15, 0.2) is 0 Å². The highest BCUT2D eigenvalue weighted by Gasteiger charge is 2.17. The third-order valence-corrected chi connectivity index (χ3v) is 3.50. The average molecular weight is 212 g/mol. The molecule has 0 aliphatic heterocycles. The maximum Gasteiger partial charge on any atom is 0.0248 e. The van der Waals surface area contributed by atoms with Crippen LogP contribution in [0.1, 0.15) is 49.8 Å². The molecule has 1 aromatic carbocycles. The molecule has 84 valence electrons. The van der Waals surface area contributed by atoms with E-state index in [0.717, 1.165) is 5.92 Å². The molecule has 0 heteroatoms.